The standard InChI is InChI=1S/C25H23NO2S.C25H23NOS/c27-25-24-11-9-18(15-19(24)13-14-26-25)22-8-4-5-17-16-21(10-12-23(17)22)29(28)20-6-2-1-3-7-20;27-25-24-11-9-18(15-19(24)13-14-26-25)22-8-4-5-17-16-21(10-12-23(17)22)28-20-6-2-1-3-7-20/h4-5,8-16,20H,1-3,6-7H2,(H,26,27);4-5,8-16,20H,1-3,6-7H2,(H,26,27). The molecule has 2 fully saturated rings. The molecule has 1 atom stereocenters. The van der Waals surface area contributed by atoms with Crippen molar-refractivity contribution in [2.45, 2.75) is 84.5 Å². The Labute approximate surface area is 339 Å². The molecular formula is C50H46N2O3S2. The number of aromatic amines is 2. The normalized spacial score (nSPS) is 15.8. The van der Waals surface area contributed by atoms with Crippen molar-refractivity contribution in [1.29, 1.82) is 0 Å². The first-order valence-corrected chi connectivity index (χ1v) is 22.4. The molecule has 2 saturated carbocycles. The van der Waals surface area contributed by atoms with Gasteiger partial charge in [-0.2, -0.15) is 0 Å². The van der Waals surface area contributed by atoms with Gasteiger partial charge in [0.15, 0.2) is 0 Å². The van der Waals surface area contributed by atoms with Crippen molar-refractivity contribution < 1.29 is 4.21 Å². The van der Waals surface area contributed by atoms with E-state index in [0.717, 1.165) is 66.6 Å². The van der Waals surface area contributed by atoms with E-state index in [1.807, 2.05) is 54.2 Å². The monoisotopic (exact) mass is 786 g/mol. The van der Waals surface area contributed by atoms with E-state index in [1.165, 1.54) is 72.6 Å². The Kier molecular flexibility index (Phi) is 10.9. The van der Waals surface area contributed by atoms with Crippen molar-refractivity contribution in [2.75, 3.05) is 0 Å². The fourth-order valence-corrected chi connectivity index (χ4v) is 11.7. The number of hydrogen-bond acceptors (Lipinski definition) is 4. The topological polar surface area (TPSA) is 82.8 Å². The lowest BCUT2D eigenvalue weighted by Gasteiger charge is -2.21. The minimum Gasteiger partial charge on any atom is -0.329 e. The molecule has 0 aliphatic heterocycles. The van der Waals surface area contributed by atoms with Crippen molar-refractivity contribution >= 4 is 65.7 Å². The van der Waals surface area contributed by atoms with Crippen LogP contribution in [0.25, 0.3) is 65.3 Å². The van der Waals surface area contributed by atoms with E-state index < -0.39 is 10.8 Å². The third kappa shape index (κ3) is 8.01. The van der Waals surface area contributed by atoms with Gasteiger partial charge in [-0.1, -0.05) is 99.2 Å². The average Bonchev–Trinajstić information content (AvgIpc) is 3.26. The molecule has 6 aromatic carbocycles. The Balaban J connectivity index is 0.000000148. The largest absolute Gasteiger partial charge is 0.329 e. The molecule has 286 valence electrons. The molecule has 0 spiro atoms. The fourth-order valence-electron chi connectivity index (χ4n) is 8.79. The van der Waals surface area contributed by atoms with Gasteiger partial charge in [-0.05, 0) is 141 Å². The molecule has 57 heavy (non-hydrogen) atoms. The number of thioether (sulfide) groups is 1. The summed E-state index contributed by atoms with van der Waals surface area (Å²) in [5.74, 6) is 0. The summed E-state index contributed by atoms with van der Waals surface area (Å²) in [4.78, 5) is 31.7. The molecule has 0 saturated heterocycles. The molecule has 0 radical (unpaired) electrons. The van der Waals surface area contributed by atoms with Crippen molar-refractivity contribution in [3.05, 3.63) is 154 Å². The smallest absolute Gasteiger partial charge is 0.255 e. The van der Waals surface area contributed by atoms with Gasteiger partial charge in [0.25, 0.3) is 11.1 Å². The first-order chi connectivity index (χ1) is 28.0. The van der Waals surface area contributed by atoms with E-state index in [0.29, 0.717) is 10.6 Å². The predicted octanol–water partition coefficient (Wildman–Crippen LogP) is 12.6. The summed E-state index contributed by atoms with van der Waals surface area (Å²) in [5, 5.41) is 9.19. The summed E-state index contributed by atoms with van der Waals surface area (Å²) >= 11 is 2.05. The summed E-state index contributed by atoms with van der Waals surface area (Å²) in [6, 6.07) is 41.8. The van der Waals surface area contributed by atoms with Crippen LogP contribution < -0.4 is 11.1 Å². The molecule has 0 amide bonds. The summed E-state index contributed by atoms with van der Waals surface area (Å²) in [6.07, 6.45) is 16.0. The van der Waals surface area contributed by atoms with Crippen molar-refractivity contribution in [2.24, 2.45) is 0 Å². The minimum absolute atomic E-state index is 0.0358. The first kappa shape index (κ1) is 37.3. The van der Waals surface area contributed by atoms with Gasteiger partial charge in [0, 0.05) is 43.5 Å². The third-order valence-electron chi connectivity index (χ3n) is 11.8. The van der Waals surface area contributed by atoms with Crippen LogP contribution in [0.1, 0.15) is 64.2 Å². The fraction of sp³-hybridized carbons (Fsp3) is 0.240. The van der Waals surface area contributed by atoms with Gasteiger partial charge in [-0.15, -0.1) is 11.8 Å². The SMILES string of the molecule is O=c1[nH]ccc2cc(-c3cccc4cc(S(=O)C5CCCCC5)ccc34)ccc12.O=c1[nH]ccc2cc(-c3cccc4cc(SC5CCCCC5)ccc34)ccc12. The molecule has 2 N–H and O–H groups in total. The number of pyridine rings is 2. The Hall–Kier alpha value is -5.24. The Bertz CT molecular complexity index is 2880. The number of rotatable bonds is 6. The number of hydrogen-bond donors (Lipinski definition) is 2. The van der Waals surface area contributed by atoms with Crippen molar-refractivity contribution in [3.8, 4) is 22.3 Å². The van der Waals surface area contributed by atoms with E-state index in [2.05, 4.69) is 88.8 Å². The summed E-state index contributed by atoms with van der Waals surface area (Å²) in [6.45, 7) is 0. The second-order valence-corrected chi connectivity index (χ2v) is 18.6. The van der Waals surface area contributed by atoms with Crippen LogP contribution in [0.3, 0.4) is 0 Å². The molecule has 2 aromatic heterocycles. The highest BCUT2D eigenvalue weighted by atomic mass is 32.2. The van der Waals surface area contributed by atoms with Crippen LogP contribution in [0.2, 0.25) is 0 Å². The average molecular weight is 787 g/mol. The zero-order valence-electron chi connectivity index (χ0n) is 32.0. The third-order valence-corrected chi connectivity index (χ3v) is 14.9. The second-order valence-electron chi connectivity index (χ2n) is 15.5. The molecule has 10 rings (SSSR count). The zero-order valence-corrected chi connectivity index (χ0v) is 33.6. The van der Waals surface area contributed by atoms with Crippen LogP contribution in [0.5, 0.6) is 0 Å². The number of H-pyrrole nitrogens is 2. The van der Waals surface area contributed by atoms with E-state index >= 15 is 0 Å². The lowest BCUT2D eigenvalue weighted by atomic mass is 9.97. The maximum absolute atomic E-state index is 13.1. The molecule has 7 heteroatoms. The molecule has 2 aliphatic rings. The van der Waals surface area contributed by atoms with Crippen LogP contribution in [-0.4, -0.2) is 24.7 Å². The van der Waals surface area contributed by atoms with Crippen LogP contribution in [0.4, 0.5) is 0 Å². The highest BCUT2D eigenvalue weighted by Gasteiger charge is 2.22. The van der Waals surface area contributed by atoms with Gasteiger partial charge in [0.2, 0.25) is 0 Å². The minimum atomic E-state index is -0.936. The summed E-state index contributed by atoms with van der Waals surface area (Å²) in [7, 11) is -0.936. The highest BCUT2D eigenvalue weighted by molar-refractivity contribution is 8.00. The Morgan fingerprint density at radius 1 is 0.491 bits per heavy atom. The van der Waals surface area contributed by atoms with E-state index in [1.54, 1.807) is 12.4 Å². The zero-order chi connectivity index (χ0) is 38.7. The maximum atomic E-state index is 13.1. The molecule has 2 heterocycles. The van der Waals surface area contributed by atoms with Gasteiger partial charge < -0.3 is 9.97 Å². The molecule has 2 aliphatic carbocycles. The molecule has 0 bridgehead atoms. The van der Waals surface area contributed by atoms with Crippen molar-refractivity contribution in [3.63, 3.8) is 0 Å². The van der Waals surface area contributed by atoms with Crippen molar-refractivity contribution in [1.82, 2.24) is 9.97 Å². The van der Waals surface area contributed by atoms with Crippen LogP contribution in [0, 0.1) is 0 Å². The quantitative estimate of drug-likeness (QED) is 0.176. The van der Waals surface area contributed by atoms with Crippen LogP contribution in [-0.2, 0) is 10.8 Å². The second kappa shape index (κ2) is 16.7. The van der Waals surface area contributed by atoms with Gasteiger partial charge in [0.1, 0.15) is 0 Å². The van der Waals surface area contributed by atoms with E-state index in [9.17, 15) is 13.8 Å². The van der Waals surface area contributed by atoms with Gasteiger partial charge in [0.05, 0.1) is 10.8 Å². The van der Waals surface area contributed by atoms with Crippen LogP contribution in [0.15, 0.2) is 153 Å². The maximum Gasteiger partial charge on any atom is 0.255 e. The van der Waals surface area contributed by atoms with Crippen LogP contribution >= 0.6 is 11.8 Å². The Morgan fingerprint density at radius 2 is 1.00 bits per heavy atom. The van der Waals surface area contributed by atoms with E-state index in [4.69, 9.17) is 0 Å². The Morgan fingerprint density at radius 3 is 1.60 bits per heavy atom. The predicted molar refractivity (Wildman–Crippen MR) is 241 cm³/mol. The first-order valence-electron chi connectivity index (χ1n) is 20.3. The molecule has 8 aromatic rings. The van der Waals surface area contributed by atoms with Gasteiger partial charge in [-0.25, -0.2) is 0 Å². The molecule has 1 unspecified atom stereocenters. The molecular weight excluding hydrogens is 741 g/mol. The number of benzene rings is 6. The number of nitrogens with one attached hydrogen (secondary N) is 2. The summed E-state index contributed by atoms with van der Waals surface area (Å²) < 4.78 is 13.1. The number of fused-ring (bicyclic) bond motifs is 4. The highest BCUT2D eigenvalue weighted by Crippen LogP contribution is 2.38. The molecule has 5 nitrogen and oxygen atoms in total. The lowest BCUT2D eigenvalue weighted by Crippen LogP contribution is -2.18. The van der Waals surface area contributed by atoms with Gasteiger partial charge in [-0.3, -0.25) is 13.8 Å². The summed E-state index contributed by atoms with van der Waals surface area (Å²) in [5.41, 5.74) is 4.47. The van der Waals surface area contributed by atoms with Gasteiger partial charge >= 0.3 is 0 Å². The lowest BCUT2D eigenvalue weighted by molar-refractivity contribution is 0.504. The number of aromatic nitrogens is 2. The van der Waals surface area contributed by atoms with E-state index in [-0.39, 0.29) is 11.1 Å².